The number of rotatable bonds is 16. The summed E-state index contributed by atoms with van der Waals surface area (Å²) in [6.45, 7) is 9.66. The third-order valence-corrected chi connectivity index (χ3v) is 8.97. The van der Waals surface area contributed by atoms with Gasteiger partial charge in [0.1, 0.15) is 17.6 Å². The Morgan fingerprint density at radius 1 is 1.12 bits per heavy atom. The van der Waals surface area contributed by atoms with E-state index in [1.807, 2.05) is 18.2 Å². The predicted octanol–water partition coefficient (Wildman–Crippen LogP) is 6.19. The minimum Gasteiger partial charge on any atom is -0.497 e. The quantitative estimate of drug-likeness (QED) is 0.122. The molecule has 0 bridgehead atoms. The molecule has 216 valence electrons. The van der Waals surface area contributed by atoms with Crippen molar-refractivity contribution >= 4 is 31.3 Å². The van der Waals surface area contributed by atoms with Crippen LogP contribution in [0.4, 0.5) is 0 Å². The molecule has 0 saturated heterocycles. The van der Waals surface area contributed by atoms with Gasteiger partial charge >= 0.3 is 5.97 Å². The van der Waals surface area contributed by atoms with E-state index < -0.39 is 20.1 Å². The van der Waals surface area contributed by atoms with Crippen molar-refractivity contribution in [1.29, 1.82) is 0 Å². The van der Waals surface area contributed by atoms with E-state index in [0.717, 1.165) is 12.5 Å². The lowest BCUT2D eigenvalue weighted by molar-refractivity contribution is -0.155. The molecule has 1 N–H and O–H groups in total. The first-order valence-electron chi connectivity index (χ1n) is 14.0. The van der Waals surface area contributed by atoms with Crippen LogP contribution in [0, 0.1) is 6.92 Å². The van der Waals surface area contributed by atoms with Crippen LogP contribution in [0.3, 0.4) is 0 Å². The number of methoxy groups -OCH3 is 1. The van der Waals surface area contributed by atoms with Crippen molar-refractivity contribution < 1.29 is 30.3 Å². The zero-order valence-electron chi connectivity index (χ0n) is 24.7. The lowest BCUT2D eigenvalue weighted by Gasteiger charge is -2.27. The Morgan fingerprint density at radius 2 is 1.85 bits per heavy atom. The van der Waals surface area contributed by atoms with Gasteiger partial charge in [0.2, 0.25) is 0 Å². The molecule has 0 spiro atoms. The van der Waals surface area contributed by atoms with Gasteiger partial charge in [-0.25, -0.2) is 9.78 Å². The van der Waals surface area contributed by atoms with Crippen molar-refractivity contribution in [1.82, 2.24) is 9.88 Å². The number of benzene rings is 2. The summed E-state index contributed by atoms with van der Waals surface area (Å²) in [4.78, 5) is 32.3. The molecule has 0 unspecified atom stereocenters. The highest BCUT2D eigenvalue weighted by Crippen LogP contribution is 2.26. The van der Waals surface area contributed by atoms with E-state index in [4.69, 9.17) is 15.6 Å². The van der Waals surface area contributed by atoms with Crippen LogP contribution in [-0.4, -0.2) is 62.0 Å². The maximum Gasteiger partial charge on any atom is 0.355 e. The lowest BCUT2D eigenvalue weighted by atomic mass is 10.1. The maximum atomic E-state index is 14.1. The highest BCUT2D eigenvalue weighted by Gasteiger charge is 2.28. The molecule has 3 aromatic rings. The van der Waals surface area contributed by atoms with E-state index in [9.17, 15) is 14.7 Å². The first-order valence-corrected chi connectivity index (χ1v) is 17.8. The van der Waals surface area contributed by atoms with Crippen molar-refractivity contribution in [2.75, 3.05) is 27.0 Å². The number of aromatic carboxylic acids is 1. The molecule has 0 aliphatic heterocycles. The highest BCUT2D eigenvalue weighted by molar-refractivity contribution is 7.11. The summed E-state index contributed by atoms with van der Waals surface area (Å²) in [6, 6.07) is 18.0. The summed E-state index contributed by atoms with van der Waals surface area (Å²) in [5.41, 5.74) is 1.82. The van der Waals surface area contributed by atoms with Crippen molar-refractivity contribution in [3.05, 3.63) is 81.3 Å². The molecule has 10 heteroatoms. The maximum absolute atomic E-state index is 14.1. The lowest BCUT2D eigenvalue weighted by Crippen LogP contribution is -2.37. The van der Waals surface area contributed by atoms with Gasteiger partial charge in [-0.15, -0.1) is 11.3 Å². The third kappa shape index (κ3) is 9.85. The Balaban J connectivity index is 1.83. The normalized spacial score (nSPS) is 12.6. The Labute approximate surface area is 243 Å². The molecule has 1 amide bonds. The molecule has 0 radical (unpaired) electrons. The number of amides is 1. The molecule has 3 rings (SSSR count). The van der Waals surface area contributed by atoms with Crippen LogP contribution in [0.1, 0.15) is 45.4 Å². The standard InChI is InChI=1S/C30H40N2O6SSi/c1-22-27(30(34)35)31-26(39-22)20-32(17-9-12-23-10-7-6-8-11-23)29(33)28(24-13-15-25(36-2)16-14-24)38-21-37-18-19-40(3,4)5/h6-8,10-11,13-16,28H,9,12,17-21H2,1-5H3,(H,34,35)/t28-/m1/s1/i2D. The van der Waals surface area contributed by atoms with Gasteiger partial charge in [0.25, 0.3) is 5.91 Å². The second kappa shape index (κ2) is 15.1. The topological polar surface area (TPSA) is 98.2 Å². The summed E-state index contributed by atoms with van der Waals surface area (Å²) >= 11 is 1.28. The average molecular weight is 586 g/mol. The van der Waals surface area contributed by atoms with Gasteiger partial charge in [-0.2, -0.15) is 0 Å². The Hall–Kier alpha value is -3.05. The van der Waals surface area contributed by atoms with Gasteiger partial charge in [0.05, 0.1) is 15.0 Å². The second-order valence-electron chi connectivity index (χ2n) is 10.8. The average Bonchev–Trinajstić information content (AvgIpc) is 3.31. The highest BCUT2D eigenvalue weighted by atomic mass is 32.1. The molecular weight excluding hydrogens is 544 g/mol. The minimum absolute atomic E-state index is 0.00951. The molecule has 0 fully saturated rings. The summed E-state index contributed by atoms with van der Waals surface area (Å²) in [7, 11) is -1.49. The molecule has 1 heterocycles. The molecular formula is C30H40N2O6SSi. The monoisotopic (exact) mass is 585 g/mol. The fraction of sp³-hybridized carbons (Fsp3) is 0.433. The van der Waals surface area contributed by atoms with Crippen molar-refractivity contribution in [3.8, 4) is 5.75 Å². The van der Waals surface area contributed by atoms with Gasteiger partial charge < -0.3 is 24.2 Å². The largest absolute Gasteiger partial charge is 0.497 e. The summed E-state index contributed by atoms with van der Waals surface area (Å²) in [5.74, 6) is -0.815. The van der Waals surface area contributed by atoms with Gasteiger partial charge in [0.15, 0.2) is 11.8 Å². The van der Waals surface area contributed by atoms with Crippen LogP contribution < -0.4 is 4.74 Å². The molecule has 0 aliphatic rings. The molecule has 0 saturated carbocycles. The number of ether oxygens (including phenoxy) is 3. The number of carbonyl (C=O) groups is 2. The fourth-order valence-electron chi connectivity index (χ4n) is 4.03. The Kier molecular flexibility index (Phi) is 11.3. The van der Waals surface area contributed by atoms with Crippen LogP contribution in [0.2, 0.25) is 25.7 Å². The van der Waals surface area contributed by atoms with E-state index >= 15 is 0 Å². The predicted molar refractivity (Wildman–Crippen MR) is 160 cm³/mol. The van der Waals surface area contributed by atoms with Crippen molar-refractivity contribution in [3.63, 3.8) is 0 Å². The molecule has 8 nitrogen and oxygen atoms in total. The minimum atomic E-state index is -1.28. The molecule has 1 atom stereocenters. The van der Waals surface area contributed by atoms with E-state index in [1.165, 1.54) is 16.9 Å². The van der Waals surface area contributed by atoms with Gasteiger partial charge in [0, 0.05) is 26.1 Å². The third-order valence-electron chi connectivity index (χ3n) is 6.31. The summed E-state index contributed by atoms with van der Waals surface area (Å²) in [5, 5.41) is 10.0. The van der Waals surface area contributed by atoms with Gasteiger partial charge in [-0.1, -0.05) is 62.1 Å². The second-order valence-corrected chi connectivity index (χ2v) is 17.7. The number of carbonyl (C=O) groups excluding carboxylic acids is 1. The molecule has 0 aliphatic carbocycles. The van der Waals surface area contributed by atoms with Crippen LogP contribution in [0.25, 0.3) is 0 Å². The first kappa shape index (κ1) is 29.9. The number of carboxylic acid groups (broad SMARTS) is 1. The van der Waals surface area contributed by atoms with Crippen molar-refractivity contribution in [2.45, 2.75) is 58.1 Å². The van der Waals surface area contributed by atoms with Crippen LogP contribution in [-0.2, 0) is 27.2 Å². The van der Waals surface area contributed by atoms with Gasteiger partial charge in [-0.3, -0.25) is 4.79 Å². The molecule has 40 heavy (non-hydrogen) atoms. The Bertz CT molecular complexity index is 1250. The van der Waals surface area contributed by atoms with Crippen LogP contribution in [0.5, 0.6) is 5.75 Å². The van der Waals surface area contributed by atoms with Crippen LogP contribution >= 0.6 is 11.3 Å². The van der Waals surface area contributed by atoms with Crippen molar-refractivity contribution in [2.24, 2.45) is 0 Å². The summed E-state index contributed by atoms with van der Waals surface area (Å²) in [6.07, 6.45) is 0.553. The number of thiazole rings is 1. The fourth-order valence-corrected chi connectivity index (χ4v) is 5.73. The number of hydrogen-bond donors (Lipinski definition) is 1. The smallest absolute Gasteiger partial charge is 0.355 e. The SMILES string of the molecule is [2H]COc1ccc([C@@H](OCOCC[Si](C)(C)C)C(=O)N(CCCc2ccccc2)Cc2nc(C(=O)O)c(C)s2)cc1. The molecule has 2 aromatic carbocycles. The van der Waals surface area contributed by atoms with E-state index in [2.05, 4.69) is 36.8 Å². The zero-order chi connectivity index (χ0) is 29.8. The summed E-state index contributed by atoms with van der Waals surface area (Å²) < 4.78 is 24.4. The van der Waals surface area contributed by atoms with E-state index in [1.54, 1.807) is 36.1 Å². The van der Waals surface area contributed by atoms with E-state index in [-0.39, 0.29) is 32.0 Å². The van der Waals surface area contributed by atoms with Gasteiger partial charge in [-0.05, 0) is 49.1 Å². The number of aryl methyl sites for hydroxylation is 2. The number of nitrogens with zero attached hydrogens (tertiary/aromatic N) is 2. The molecule has 1 aromatic heterocycles. The van der Waals surface area contributed by atoms with E-state index in [0.29, 0.717) is 40.8 Å². The number of aromatic nitrogens is 1. The Morgan fingerprint density at radius 3 is 2.48 bits per heavy atom. The zero-order valence-corrected chi connectivity index (χ0v) is 25.5. The van der Waals surface area contributed by atoms with Crippen LogP contribution in [0.15, 0.2) is 54.6 Å². The first-order chi connectivity index (χ1) is 19.6. The number of carboxylic acids is 1. The number of hydrogen-bond acceptors (Lipinski definition) is 7.